The second-order valence-corrected chi connectivity index (χ2v) is 7.39. The smallest absolute Gasteiger partial charge is 0.307 e. The fourth-order valence-electron chi connectivity index (χ4n) is 2.73. The maximum atomic E-state index is 11.4. The van der Waals surface area contributed by atoms with E-state index < -0.39 is 5.97 Å². The van der Waals surface area contributed by atoms with Crippen molar-refractivity contribution in [2.45, 2.75) is 39.0 Å². The van der Waals surface area contributed by atoms with E-state index >= 15 is 0 Å². The van der Waals surface area contributed by atoms with Gasteiger partial charge in [-0.1, -0.05) is 13.8 Å². The first-order chi connectivity index (χ1) is 7.91. The first-order valence-electron chi connectivity index (χ1n) is 5.86. The third kappa shape index (κ3) is 2.74. The fraction of sp³-hybridized carbons (Fsp3) is 0.615. The van der Waals surface area contributed by atoms with E-state index in [0.29, 0.717) is 0 Å². The van der Waals surface area contributed by atoms with E-state index in [9.17, 15) is 9.90 Å². The maximum absolute atomic E-state index is 11.4. The number of thiophene rings is 1. The Balaban J connectivity index is 2.32. The average molecular weight is 317 g/mol. The summed E-state index contributed by atoms with van der Waals surface area (Å²) in [7, 11) is 0. The highest BCUT2D eigenvalue weighted by Crippen LogP contribution is 2.49. The molecule has 0 saturated heterocycles. The molecule has 94 valence electrons. The van der Waals surface area contributed by atoms with Crippen molar-refractivity contribution < 1.29 is 9.90 Å². The summed E-state index contributed by atoms with van der Waals surface area (Å²) in [6.07, 6.45) is 2.75. The summed E-state index contributed by atoms with van der Waals surface area (Å²) < 4.78 is 1.07. The lowest BCUT2D eigenvalue weighted by molar-refractivity contribution is -0.144. The number of carboxylic acid groups (broad SMARTS) is 1. The van der Waals surface area contributed by atoms with E-state index in [2.05, 4.69) is 29.8 Å². The van der Waals surface area contributed by atoms with Crippen LogP contribution in [-0.4, -0.2) is 11.1 Å². The zero-order chi connectivity index (χ0) is 12.6. The van der Waals surface area contributed by atoms with Crippen molar-refractivity contribution in [1.29, 1.82) is 0 Å². The summed E-state index contributed by atoms with van der Waals surface area (Å²) in [6.45, 7) is 4.47. The van der Waals surface area contributed by atoms with Gasteiger partial charge in [0.05, 0.1) is 5.92 Å². The van der Waals surface area contributed by atoms with Gasteiger partial charge in [-0.05, 0) is 52.1 Å². The molecule has 0 aromatic carbocycles. The minimum Gasteiger partial charge on any atom is -0.481 e. The molecule has 0 spiro atoms. The molecule has 1 N–H and O–H groups in total. The Kier molecular flexibility index (Phi) is 3.64. The maximum Gasteiger partial charge on any atom is 0.307 e. The zero-order valence-electron chi connectivity index (χ0n) is 10.1. The standard InChI is InChI=1S/C13H17BrO2S/c1-13(2)5-3-8(12(15)16)9(7-13)11-10(14)4-6-17-11/h4,6,8-9H,3,5,7H2,1-2H3,(H,15,16). The van der Waals surface area contributed by atoms with E-state index in [4.69, 9.17) is 0 Å². The van der Waals surface area contributed by atoms with Crippen molar-refractivity contribution in [3.63, 3.8) is 0 Å². The molecule has 2 nitrogen and oxygen atoms in total. The van der Waals surface area contributed by atoms with Crippen LogP contribution in [0.2, 0.25) is 0 Å². The van der Waals surface area contributed by atoms with Gasteiger partial charge in [-0.25, -0.2) is 0 Å². The van der Waals surface area contributed by atoms with Crippen LogP contribution < -0.4 is 0 Å². The van der Waals surface area contributed by atoms with Crippen LogP contribution in [0.1, 0.15) is 43.9 Å². The van der Waals surface area contributed by atoms with Crippen LogP contribution in [0.4, 0.5) is 0 Å². The van der Waals surface area contributed by atoms with E-state index in [1.165, 1.54) is 4.88 Å². The number of carbonyl (C=O) groups is 1. The Labute approximate surface area is 114 Å². The van der Waals surface area contributed by atoms with Crippen LogP contribution in [0.5, 0.6) is 0 Å². The second-order valence-electron chi connectivity index (χ2n) is 5.59. The van der Waals surface area contributed by atoms with Gasteiger partial charge in [-0.2, -0.15) is 0 Å². The highest BCUT2D eigenvalue weighted by atomic mass is 79.9. The first-order valence-corrected chi connectivity index (χ1v) is 7.54. The molecule has 1 aliphatic rings. The Hall–Kier alpha value is -0.350. The zero-order valence-corrected chi connectivity index (χ0v) is 12.5. The van der Waals surface area contributed by atoms with Crippen molar-refractivity contribution in [1.82, 2.24) is 0 Å². The fourth-order valence-corrected chi connectivity index (χ4v) is 4.56. The summed E-state index contributed by atoms with van der Waals surface area (Å²) >= 11 is 5.20. The molecule has 4 heteroatoms. The number of rotatable bonds is 2. The molecule has 0 bridgehead atoms. The molecular weight excluding hydrogens is 300 g/mol. The Morgan fingerprint density at radius 2 is 2.29 bits per heavy atom. The normalized spacial score (nSPS) is 27.9. The predicted molar refractivity (Wildman–Crippen MR) is 73.5 cm³/mol. The highest BCUT2D eigenvalue weighted by molar-refractivity contribution is 9.10. The number of hydrogen-bond acceptors (Lipinski definition) is 2. The molecule has 1 fully saturated rings. The first kappa shape index (κ1) is 13.1. The van der Waals surface area contributed by atoms with Crippen molar-refractivity contribution in [2.75, 3.05) is 0 Å². The van der Waals surface area contributed by atoms with E-state index in [1.54, 1.807) is 11.3 Å². The largest absolute Gasteiger partial charge is 0.481 e. The predicted octanol–water partition coefficient (Wildman–Crippen LogP) is 4.51. The Bertz CT molecular complexity index is 425. The molecule has 2 atom stereocenters. The lowest BCUT2D eigenvalue weighted by Crippen LogP contribution is -2.32. The topological polar surface area (TPSA) is 37.3 Å². The highest BCUT2D eigenvalue weighted by Gasteiger charge is 2.40. The van der Waals surface area contributed by atoms with Crippen LogP contribution in [0.3, 0.4) is 0 Å². The van der Waals surface area contributed by atoms with Crippen molar-refractivity contribution in [3.8, 4) is 0 Å². The molecule has 1 heterocycles. The molecule has 1 saturated carbocycles. The average Bonchev–Trinajstić information content (AvgIpc) is 2.62. The molecule has 17 heavy (non-hydrogen) atoms. The van der Waals surface area contributed by atoms with Crippen LogP contribution in [0.15, 0.2) is 15.9 Å². The number of hydrogen-bond donors (Lipinski definition) is 1. The van der Waals surface area contributed by atoms with E-state index in [-0.39, 0.29) is 17.3 Å². The summed E-state index contributed by atoms with van der Waals surface area (Å²) in [6, 6.07) is 2.01. The lowest BCUT2D eigenvalue weighted by Gasteiger charge is -2.38. The molecule has 2 rings (SSSR count). The van der Waals surface area contributed by atoms with Gasteiger partial charge >= 0.3 is 5.97 Å². The van der Waals surface area contributed by atoms with Crippen molar-refractivity contribution in [3.05, 3.63) is 20.8 Å². The van der Waals surface area contributed by atoms with Gasteiger partial charge in [-0.3, -0.25) is 4.79 Å². The van der Waals surface area contributed by atoms with Crippen LogP contribution in [-0.2, 0) is 4.79 Å². The number of carboxylic acids is 1. The second kappa shape index (κ2) is 4.73. The van der Waals surface area contributed by atoms with Crippen LogP contribution in [0, 0.1) is 11.3 Å². The summed E-state index contributed by atoms with van der Waals surface area (Å²) in [4.78, 5) is 12.6. The van der Waals surface area contributed by atoms with E-state index in [1.807, 2.05) is 11.4 Å². The molecule has 1 aliphatic carbocycles. The Morgan fingerprint density at radius 1 is 1.59 bits per heavy atom. The summed E-state index contributed by atoms with van der Waals surface area (Å²) in [5.41, 5.74) is 0.250. The summed E-state index contributed by atoms with van der Waals surface area (Å²) in [5.74, 6) is -0.714. The minimum atomic E-state index is -0.647. The third-order valence-corrected chi connectivity index (χ3v) is 5.69. The number of halogens is 1. The lowest BCUT2D eigenvalue weighted by atomic mass is 9.67. The molecular formula is C13H17BrO2S. The van der Waals surface area contributed by atoms with Gasteiger partial charge in [0, 0.05) is 15.3 Å². The monoisotopic (exact) mass is 316 g/mol. The third-order valence-electron chi connectivity index (χ3n) is 3.69. The molecule has 0 radical (unpaired) electrons. The van der Waals surface area contributed by atoms with E-state index in [0.717, 1.165) is 23.7 Å². The van der Waals surface area contributed by atoms with Gasteiger partial charge < -0.3 is 5.11 Å². The molecule has 0 amide bonds. The van der Waals surface area contributed by atoms with Crippen molar-refractivity contribution in [2.24, 2.45) is 11.3 Å². The van der Waals surface area contributed by atoms with Crippen LogP contribution >= 0.6 is 27.3 Å². The van der Waals surface area contributed by atoms with Gasteiger partial charge in [-0.15, -0.1) is 11.3 Å². The van der Waals surface area contributed by atoms with Crippen LogP contribution in [0.25, 0.3) is 0 Å². The SMILES string of the molecule is CC1(C)CCC(C(=O)O)C(c2sccc2Br)C1. The Morgan fingerprint density at radius 3 is 2.82 bits per heavy atom. The quantitative estimate of drug-likeness (QED) is 0.871. The molecule has 1 aromatic rings. The molecule has 0 aliphatic heterocycles. The van der Waals surface area contributed by atoms with Gasteiger partial charge in [0.2, 0.25) is 0 Å². The van der Waals surface area contributed by atoms with Gasteiger partial charge in [0.25, 0.3) is 0 Å². The number of aliphatic carboxylic acids is 1. The molecule has 2 unspecified atom stereocenters. The van der Waals surface area contributed by atoms with Gasteiger partial charge in [0.15, 0.2) is 0 Å². The van der Waals surface area contributed by atoms with Gasteiger partial charge in [0.1, 0.15) is 0 Å². The van der Waals surface area contributed by atoms with Crippen molar-refractivity contribution >= 4 is 33.2 Å². The molecule has 1 aromatic heterocycles. The minimum absolute atomic E-state index is 0.158. The summed E-state index contributed by atoms with van der Waals surface area (Å²) in [5, 5.41) is 11.4.